The number of aliphatic hydroxyl groups is 1. The molecule has 2 aromatic rings. The van der Waals surface area contributed by atoms with Gasteiger partial charge in [-0.05, 0) is 69.7 Å². The highest BCUT2D eigenvalue weighted by Gasteiger charge is 2.30. The van der Waals surface area contributed by atoms with E-state index in [-0.39, 0.29) is 24.5 Å². The smallest absolute Gasteiger partial charge is 0.388 e. The van der Waals surface area contributed by atoms with Gasteiger partial charge in [-0.3, -0.25) is 14.4 Å². The summed E-state index contributed by atoms with van der Waals surface area (Å²) < 4.78 is 37.2. The molecule has 0 unspecified atom stereocenters. The zero-order chi connectivity index (χ0) is 28.4. The Morgan fingerprint density at radius 3 is 2.72 bits per heavy atom. The summed E-state index contributed by atoms with van der Waals surface area (Å²) in [4.78, 5) is 18.3. The molecule has 0 radical (unpaired) electrons. The minimum atomic E-state index is -2.97. The number of anilines is 2. The molecule has 0 saturated carbocycles. The molecule has 5 N–H and O–H groups in total. The van der Waals surface area contributed by atoms with Crippen molar-refractivity contribution in [1.82, 2.24) is 9.88 Å². The van der Waals surface area contributed by atoms with Crippen LogP contribution in [0.1, 0.15) is 38.8 Å². The highest BCUT2D eigenvalue weighted by molar-refractivity contribution is 5.90. The van der Waals surface area contributed by atoms with Crippen molar-refractivity contribution in [2.24, 2.45) is 4.99 Å². The SMILES string of the molecule is CCO[C@@]1(C)C=Cc2cc(-c3ccc(N)c(C=NCC(C)(C)O)c3)c(=O)n(C3=CC=C(OC(F)F)NC3)c2N1. The number of pyridine rings is 1. The fraction of sp³-hybridized carbons (Fsp3) is 0.357. The van der Waals surface area contributed by atoms with E-state index in [1.807, 2.05) is 26.0 Å². The standard InChI is InChI=1S/C28H33F2N5O4/c1-5-38-28(4)11-10-18-13-21(17-6-8-22(31)19(12-17)14-32-16-27(2,3)37)25(36)35(24(18)34-28)20-7-9-23(33-15-20)39-26(29)30/h6-14,26,33-34,37H,5,15-16,31H2,1-4H3/t28-/m0/s1. The van der Waals surface area contributed by atoms with Crippen molar-refractivity contribution in [2.45, 2.75) is 45.6 Å². The molecule has 4 rings (SSSR count). The molecule has 0 amide bonds. The third-order valence-electron chi connectivity index (χ3n) is 6.10. The number of benzene rings is 1. The average Bonchev–Trinajstić information content (AvgIpc) is 2.85. The number of nitrogens with two attached hydrogens (primary N) is 1. The van der Waals surface area contributed by atoms with E-state index in [1.54, 1.807) is 50.4 Å². The Kier molecular flexibility index (Phi) is 7.94. The van der Waals surface area contributed by atoms with Crippen molar-refractivity contribution in [2.75, 3.05) is 30.7 Å². The molecular formula is C28H33F2N5O4. The second-order valence-corrected chi connectivity index (χ2v) is 10.0. The number of allylic oxidation sites excluding steroid dienone is 2. The van der Waals surface area contributed by atoms with Gasteiger partial charge in [0.2, 0.25) is 0 Å². The van der Waals surface area contributed by atoms with Crippen LogP contribution in [0.15, 0.2) is 58.2 Å². The number of hydrogen-bond donors (Lipinski definition) is 4. The molecule has 9 nitrogen and oxygen atoms in total. The van der Waals surface area contributed by atoms with Crippen LogP contribution in [0.4, 0.5) is 20.3 Å². The molecule has 0 aliphatic carbocycles. The maximum atomic E-state index is 14.0. The van der Waals surface area contributed by atoms with Crippen molar-refractivity contribution >= 4 is 29.5 Å². The lowest BCUT2D eigenvalue weighted by molar-refractivity contribution is -0.101. The summed E-state index contributed by atoms with van der Waals surface area (Å²) in [5.41, 5.74) is 7.34. The second-order valence-electron chi connectivity index (χ2n) is 10.0. The van der Waals surface area contributed by atoms with Crippen molar-refractivity contribution in [3.63, 3.8) is 0 Å². The molecule has 208 valence electrons. The fourth-order valence-corrected chi connectivity index (χ4v) is 4.30. The number of ether oxygens (including phenoxy) is 2. The van der Waals surface area contributed by atoms with Crippen LogP contribution in [0, 0.1) is 0 Å². The Morgan fingerprint density at radius 1 is 1.31 bits per heavy atom. The summed E-state index contributed by atoms with van der Waals surface area (Å²) in [5, 5.41) is 16.1. The van der Waals surface area contributed by atoms with Crippen molar-refractivity contribution < 1.29 is 23.4 Å². The van der Waals surface area contributed by atoms with Gasteiger partial charge in [0.1, 0.15) is 5.82 Å². The quantitative estimate of drug-likeness (QED) is 0.280. The number of fused-ring (bicyclic) bond motifs is 1. The van der Waals surface area contributed by atoms with E-state index in [2.05, 4.69) is 20.4 Å². The number of aliphatic imine (C=N–C) groups is 1. The monoisotopic (exact) mass is 541 g/mol. The molecule has 0 fully saturated rings. The van der Waals surface area contributed by atoms with Gasteiger partial charge in [-0.2, -0.15) is 8.78 Å². The number of rotatable bonds is 9. The molecule has 2 aliphatic rings. The Morgan fingerprint density at radius 2 is 2.08 bits per heavy atom. The van der Waals surface area contributed by atoms with Gasteiger partial charge in [-0.25, -0.2) is 0 Å². The van der Waals surface area contributed by atoms with E-state index in [4.69, 9.17) is 10.5 Å². The Hall–Kier alpha value is -3.96. The molecule has 3 heterocycles. The van der Waals surface area contributed by atoms with Crippen molar-refractivity contribution in [3.8, 4) is 11.1 Å². The highest BCUT2D eigenvalue weighted by Crippen LogP contribution is 2.33. The van der Waals surface area contributed by atoms with Crippen LogP contribution in [0.3, 0.4) is 0 Å². The molecular weight excluding hydrogens is 508 g/mol. The molecule has 39 heavy (non-hydrogen) atoms. The zero-order valence-electron chi connectivity index (χ0n) is 22.3. The van der Waals surface area contributed by atoms with E-state index in [0.29, 0.717) is 40.5 Å². The highest BCUT2D eigenvalue weighted by atomic mass is 19.3. The van der Waals surface area contributed by atoms with Crippen molar-refractivity contribution in [3.05, 3.63) is 69.9 Å². The van der Waals surface area contributed by atoms with Crippen LogP contribution in [-0.4, -0.2) is 53.5 Å². The summed E-state index contributed by atoms with van der Waals surface area (Å²) >= 11 is 0. The molecule has 0 bridgehead atoms. The number of halogens is 2. The van der Waals surface area contributed by atoms with E-state index < -0.39 is 17.9 Å². The number of alkyl halides is 2. The van der Waals surface area contributed by atoms with Crippen LogP contribution < -0.4 is 21.9 Å². The van der Waals surface area contributed by atoms with Gasteiger partial charge >= 0.3 is 6.61 Å². The molecule has 11 heteroatoms. The van der Waals surface area contributed by atoms with E-state index in [1.165, 1.54) is 10.6 Å². The van der Waals surface area contributed by atoms with Gasteiger partial charge < -0.3 is 30.9 Å². The van der Waals surface area contributed by atoms with Crippen molar-refractivity contribution in [1.29, 1.82) is 0 Å². The topological polar surface area (TPSA) is 123 Å². The Balaban J connectivity index is 1.84. The molecule has 0 spiro atoms. The predicted molar refractivity (Wildman–Crippen MR) is 149 cm³/mol. The number of aromatic nitrogens is 1. The van der Waals surface area contributed by atoms with Gasteiger partial charge in [0.25, 0.3) is 5.56 Å². The first-order valence-corrected chi connectivity index (χ1v) is 12.5. The molecule has 2 aliphatic heterocycles. The number of hydrogen-bond acceptors (Lipinski definition) is 8. The van der Waals surface area contributed by atoms with Crippen LogP contribution in [-0.2, 0) is 9.47 Å². The minimum Gasteiger partial charge on any atom is -0.419 e. The first kappa shape index (κ1) is 28.1. The van der Waals surface area contributed by atoms with Gasteiger partial charge in [0.15, 0.2) is 11.6 Å². The Bertz CT molecular complexity index is 1420. The average molecular weight is 542 g/mol. The van der Waals surface area contributed by atoms with Crippen LogP contribution >= 0.6 is 0 Å². The third kappa shape index (κ3) is 6.55. The maximum absolute atomic E-state index is 14.0. The predicted octanol–water partition coefficient (Wildman–Crippen LogP) is 4.00. The molecule has 1 aromatic heterocycles. The second kappa shape index (κ2) is 11.0. The summed E-state index contributed by atoms with van der Waals surface area (Å²) in [6.07, 6.45) is 8.25. The zero-order valence-corrected chi connectivity index (χ0v) is 22.3. The van der Waals surface area contributed by atoms with E-state index in [0.717, 1.165) is 5.56 Å². The lowest BCUT2D eigenvalue weighted by Crippen LogP contribution is -2.41. The van der Waals surface area contributed by atoms with Crippen LogP contribution in [0.2, 0.25) is 0 Å². The van der Waals surface area contributed by atoms with E-state index in [9.17, 15) is 18.7 Å². The fourth-order valence-electron chi connectivity index (χ4n) is 4.30. The Labute approximate surface area is 225 Å². The number of nitrogens with zero attached hydrogens (tertiary/aromatic N) is 2. The summed E-state index contributed by atoms with van der Waals surface area (Å²) in [7, 11) is 0. The largest absolute Gasteiger partial charge is 0.419 e. The molecule has 1 aromatic carbocycles. The number of dihydropyridines is 1. The number of nitrogens with one attached hydrogen (secondary N) is 2. The van der Waals surface area contributed by atoms with Gasteiger partial charge in [-0.15, -0.1) is 0 Å². The van der Waals surface area contributed by atoms with Gasteiger partial charge in [0.05, 0.1) is 18.7 Å². The van der Waals surface area contributed by atoms with Gasteiger partial charge in [0, 0.05) is 40.9 Å². The van der Waals surface area contributed by atoms with Crippen LogP contribution in [0.5, 0.6) is 0 Å². The summed E-state index contributed by atoms with van der Waals surface area (Å²) in [6, 6.07) is 7.00. The molecule has 0 saturated heterocycles. The summed E-state index contributed by atoms with van der Waals surface area (Å²) in [5.74, 6) is 0.414. The minimum absolute atomic E-state index is 0.0711. The summed E-state index contributed by atoms with van der Waals surface area (Å²) in [6.45, 7) is 4.76. The van der Waals surface area contributed by atoms with Gasteiger partial charge in [-0.1, -0.05) is 12.1 Å². The normalized spacial score (nSPS) is 18.9. The third-order valence-corrected chi connectivity index (χ3v) is 6.10. The molecule has 1 atom stereocenters. The first-order valence-electron chi connectivity index (χ1n) is 12.5. The maximum Gasteiger partial charge on any atom is 0.388 e. The first-order chi connectivity index (χ1) is 18.4. The lowest BCUT2D eigenvalue weighted by Gasteiger charge is -2.34. The number of nitrogen functional groups attached to an aromatic ring is 1. The van der Waals surface area contributed by atoms with E-state index >= 15 is 0 Å². The lowest BCUT2D eigenvalue weighted by atomic mass is 9.99. The van der Waals surface area contributed by atoms with Crippen LogP contribution in [0.25, 0.3) is 22.9 Å².